The van der Waals surface area contributed by atoms with Crippen LogP contribution in [0.5, 0.6) is 5.75 Å². The van der Waals surface area contributed by atoms with Gasteiger partial charge in [0.15, 0.2) is 0 Å². The van der Waals surface area contributed by atoms with Crippen LogP contribution in [0.2, 0.25) is 0 Å². The van der Waals surface area contributed by atoms with Crippen LogP contribution in [0, 0.1) is 23.0 Å². The molecule has 0 spiro atoms. The van der Waals surface area contributed by atoms with Crippen molar-refractivity contribution in [3.63, 3.8) is 0 Å². The van der Waals surface area contributed by atoms with E-state index in [0.717, 1.165) is 5.56 Å². The molecule has 2 rings (SSSR count). The number of nitro groups is 1. The van der Waals surface area contributed by atoms with Crippen molar-refractivity contribution < 1.29 is 24.0 Å². The fourth-order valence-electron chi connectivity index (χ4n) is 3.11. The summed E-state index contributed by atoms with van der Waals surface area (Å²) in [5, 5.41) is 14.5. The van der Waals surface area contributed by atoms with Gasteiger partial charge in [0, 0.05) is 0 Å². The Hall–Kier alpha value is -3.42. The Morgan fingerprint density at radius 3 is 2.39 bits per heavy atom. The van der Waals surface area contributed by atoms with Crippen molar-refractivity contribution in [3.8, 4) is 5.75 Å². The molecule has 0 aliphatic heterocycles. The highest BCUT2D eigenvalue weighted by atomic mass is 16.6. The van der Waals surface area contributed by atoms with Crippen molar-refractivity contribution in [2.45, 2.75) is 46.8 Å². The predicted molar refractivity (Wildman–Crippen MR) is 116 cm³/mol. The van der Waals surface area contributed by atoms with E-state index in [-0.39, 0.29) is 30.4 Å². The Bertz CT molecular complexity index is 927. The Morgan fingerprint density at radius 1 is 1.13 bits per heavy atom. The fourth-order valence-corrected chi connectivity index (χ4v) is 3.11. The summed E-state index contributed by atoms with van der Waals surface area (Å²) in [4.78, 5) is 36.4. The number of aryl methyl sites for hydroxylation is 1. The van der Waals surface area contributed by atoms with Gasteiger partial charge in [0.05, 0.1) is 11.5 Å². The maximum absolute atomic E-state index is 12.9. The van der Waals surface area contributed by atoms with Crippen molar-refractivity contribution in [2.75, 3.05) is 6.61 Å². The van der Waals surface area contributed by atoms with E-state index < -0.39 is 28.5 Å². The van der Waals surface area contributed by atoms with Gasteiger partial charge in [0.25, 0.3) is 5.91 Å². The Kier molecular flexibility index (Phi) is 8.54. The number of hydrogen-bond donors (Lipinski definition) is 1. The van der Waals surface area contributed by atoms with Crippen molar-refractivity contribution in [2.24, 2.45) is 5.92 Å². The summed E-state index contributed by atoms with van der Waals surface area (Å²) in [5.74, 6) is -1.17. The molecule has 0 aliphatic carbocycles. The topological polar surface area (TPSA) is 108 Å². The lowest BCUT2D eigenvalue weighted by atomic mass is 10.0. The molecule has 8 nitrogen and oxygen atoms in total. The molecule has 0 bridgehead atoms. The van der Waals surface area contributed by atoms with Crippen LogP contribution in [0.3, 0.4) is 0 Å². The van der Waals surface area contributed by atoms with Crippen LogP contribution >= 0.6 is 0 Å². The third kappa shape index (κ3) is 6.53. The van der Waals surface area contributed by atoms with Crippen LogP contribution < -0.4 is 10.1 Å². The molecule has 1 atom stereocenters. The molecule has 166 valence electrons. The minimum absolute atomic E-state index is 0.0260. The second-order valence-electron chi connectivity index (χ2n) is 7.55. The minimum atomic E-state index is -0.901. The first kappa shape index (κ1) is 23.9. The molecule has 0 aromatic heterocycles. The minimum Gasteiger partial charge on any atom is -0.482 e. The molecule has 0 saturated carbocycles. The number of amides is 1. The lowest BCUT2D eigenvalue weighted by Crippen LogP contribution is -2.43. The van der Waals surface area contributed by atoms with E-state index in [1.165, 1.54) is 6.07 Å². The molecule has 1 N–H and O–H groups in total. The molecular weight excluding hydrogens is 400 g/mol. The maximum Gasteiger partial charge on any atom is 0.328 e. The summed E-state index contributed by atoms with van der Waals surface area (Å²) in [6.07, 6.45) is 0.349. The third-order valence-corrected chi connectivity index (χ3v) is 4.57. The smallest absolute Gasteiger partial charge is 0.328 e. The summed E-state index contributed by atoms with van der Waals surface area (Å²) in [6, 6.07) is 11.3. The molecular formula is C23H28N2O6. The second kappa shape index (κ2) is 11.1. The maximum atomic E-state index is 12.9. The lowest BCUT2D eigenvalue weighted by Gasteiger charge is -2.19. The molecule has 0 heterocycles. The molecule has 8 heteroatoms. The number of rotatable bonds is 10. The Labute approximate surface area is 181 Å². The number of nitrogens with one attached hydrogen (secondary N) is 1. The van der Waals surface area contributed by atoms with Crippen LogP contribution in [0.1, 0.15) is 48.7 Å². The number of esters is 1. The van der Waals surface area contributed by atoms with Crippen LogP contribution in [0.25, 0.3) is 0 Å². The first-order valence-corrected chi connectivity index (χ1v) is 10.2. The molecule has 0 radical (unpaired) electrons. The van der Waals surface area contributed by atoms with Gasteiger partial charge in [-0.25, -0.2) is 4.79 Å². The summed E-state index contributed by atoms with van der Waals surface area (Å²) >= 11 is 0. The first-order valence-electron chi connectivity index (χ1n) is 10.2. The molecule has 2 aromatic rings. The molecule has 0 saturated heterocycles. The van der Waals surface area contributed by atoms with Crippen LogP contribution in [-0.4, -0.2) is 29.4 Å². The monoisotopic (exact) mass is 428 g/mol. The van der Waals surface area contributed by atoms with Gasteiger partial charge in [-0.1, -0.05) is 50.2 Å². The predicted octanol–water partition coefficient (Wildman–Crippen LogP) is 4.19. The zero-order valence-corrected chi connectivity index (χ0v) is 18.2. The van der Waals surface area contributed by atoms with Crippen LogP contribution in [0.4, 0.5) is 5.69 Å². The summed E-state index contributed by atoms with van der Waals surface area (Å²) < 4.78 is 10.8. The van der Waals surface area contributed by atoms with Crippen LogP contribution in [0.15, 0.2) is 42.5 Å². The van der Waals surface area contributed by atoms with Gasteiger partial charge in [-0.2, -0.15) is 0 Å². The Balaban J connectivity index is 2.34. The fraction of sp³-hybridized carbons (Fsp3) is 0.391. The van der Waals surface area contributed by atoms with Gasteiger partial charge in [-0.05, 0) is 43.4 Å². The van der Waals surface area contributed by atoms with E-state index in [2.05, 4.69) is 5.32 Å². The lowest BCUT2D eigenvalue weighted by molar-refractivity contribution is -0.386. The van der Waals surface area contributed by atoms with E-state index in [1.807, 2.05) is 44.2 Å². The van der Waals surface area contributed by atoms with E-state index in [4.69, 9.17) is 9.47 Å². The summed E-state index contributed by atoms with van der Waals surface area (Å²) in [7, 11) is 0. The Morgan fingerprint density at radius 2 is 1.81 bits per heavy atom. The largest absolute Gasteiger partial charge is 0.482 e. The highest BCUT2D eigenvalue weighted by Crippen LogP contribution is 2.35. The number of ether oxygens (including phenoxy) is 2. The zero-order chi connectivity index (χ0) is 23.0. The summed E-state index contributed by atoms with van der Waals surface area (Å²) in [6.45, 7) is 7.45. The SMILES string of the molecule is CCOC(=O)[C@H](CC(C)C)NC(=O)c1ccc(C)c(OCc2ccccc2)c1[N+](=O)[O-]. The van der Waals surface area contributed by atoms with E-state index in [0.29, 0.717) is 12.0 Å². The first-order chi connectivity index (χ1) is 14.7. The molecule has 0 fully saturated rings. The highest BCUT2D eigenvalue weighted by Gasteiger charge is 2.31. The van der Waals surface area contributed by atoms with E-state index in [9.17, 15) is 19.7 Å². The van der Waals surface area contributed by atoms with Crippen molar-refractivity contribution in [3.05, 3.63) is 69.3 Å². The third-order valence-electron chi connectivity index (χ3n) is 4.57. The standard InChI is InChI=1S/C23H28N2O6/c1-5-30-23(27)19(13-15(2)3)24-22(26)18-12-11-16(4)21(20(18)25(28)29)31-14-17-9-7-6-8-10-17/h6-12,15,19H,5,13-14H2,1-4H3,(H,24,26)/t19-/m0/s1. The number of hydrogen-bond acceptors (Lipinski definition) is 6. The average Bonchev–Trinajstić information content (AvgIpc) is 2.72. The van der Waals surface area contributed by atoms with Gasteiger partial charge in [0.1, 0.15) is 18.2 Å². The number of carbonyl (C=O) groups excluding carboxylic acids is 2. The van der Waals surface area contributed by atoms with Crippen molar-refractivity contribution in [1.82, 2.24) is 5.32 Å². The molecule has 1 amide bonds. The van der Waals surface area contributed by atoms with Gasteiger partial charge in [0.2, 0.25) is 5.75 Å². The van der Waals surface area contributed by atoms with Crippen molar-refractivity contribution >= 4 is 17.6 Å². The molecule has 2 aromatic carbocycles. The van der Waals surface area contributed by atoms with Gasteiger partial charge in [-0.15, -0.1) is 0 Å². The van der Waals surface area contributed by atoms with Gasteiger partial charge in [-0.3, -0.25) is 14.9 Å². The van der Waals surface area contributed by atoms with Gasteiger partial charge < -0.3 is 14.8 Å². The quantitative estimate of drug-likeness (QED) is 0.345. The van der Waals surface area contributed by atoms with Crippen molar-refractivity contribution in [1.29, 1.82) is 0 Å². The second-order valence-corrected chi connectivity index (χ2v) is 7.55. The van der Waals surface area contributed by atoms with E-state index in [1.54, 1.807) is 19.9 Å². The molecule has 0 aliphatic rings. The van der Waals surface area contributed by atoms with Gasteiger partial charge >= 0.3 is 11.7 Å². The number of nitrogens with zero attached hydrogens (tertiary/aromatic N) is 1. The number of nitro benzene ring substituents is 1. The highest BCUT2D eigenvalue weighted by molar-refractivity contribution is 6.01. The average molecular weight is 428 g/mol. The zero-order valence-electron chi connectivity index (χ0n) is 18.2. The normalized spacial score (nSPS) is 11.6. The molecule has 31 heavy (non-hydrogen) atoms. The molecule has 0 unspecified atom stereocenters. The van der Waals surface area contributed by atoms with E-state index >= 15 is 0 Å². The number of benzene rings is 2. The van der Waals surface area contributed by atoms with Crippen LogP contribution in [-0.2, 0) is 16.1 Å². The summed E-state index contributed by atoms with van der Waals surface area (Å²) in [5.41, 5.74) is 0.769. The number of carbonyl (C=O) groups is 2.